The van der Waals surface area contributed by atoms with E-state index in [0.717, 1.165) is 11.3 Å². The van der Waals surface area contributed by atoms with Gasteiger partial charge in [0.15, 0.2) is 0 Å². The van der Waals surface area contributed by atoms with Crippen molar-refractivity contribution in [1.82, 2.24) is 20.0 Å². The lowest BCUT2D eigenvalue weighted by molar-refractivity contribution is -0.128. The van der Waals surface area contributed by atoms with Gasteiger partial charge in [-0.25, -0.2) is 9.48 Å². The fourth-order valence-electron chi connectivity index (χ4n) is 2.90. The van der Waals surface area contributed by atoms with Gasteiger partial charge >= 0.3 is 6.03 Å². The Labute approximate surface area is 147 Å². The van der Waals surface area contributed by atoms with Crippen molar-refractivity contribution < 1.29 is 9.59 Å². The Bertz CT molecular complexity index is 769. The standard InChI is InChI=1S/C18H23N5O2/c1-12(2)23-16(11-15(21-23)13-7-5-4-6-8-13)20-18(25)19-14-9-10-22(3)17(14)24/h4-8,11-12,14H,9-10H2,1-3H3,(H2,19,20,25)/t14-/m1/s1. The van der Waals surface area contributed by atoms with E-state index in [1.165, 1.54) is 0 Å². The number of amides is 3. The fourth-order valence-corrected chi connectivity index (χ4v) is 2.90. The van der Waals surface area contributed by atoms with E-state index in [0.29, 0.717) is 18.8 Å². The minimum atomic E-state index is -0.464. The van der Waals surface area contributed by atoms with Crippen LogP contribution in [0.15, 0.2) is 36.4 Å². The van der Waals surface area contributed by atoms with Crippen LogP contribution in [-0.2, 0) is 4.79 Å². The molecule has 25 heavy (non-hydrogen) atoms. The molecule has 0 saturated carbocycles. The molecule has 1 saturated heterocycles. The normalized spacial score (nSPS) is 17.2. The third kappa shape index (κ3) is 3.65. The van der Waals surface area contributed by atoms with Crippen molar-refractivity contribution >= 4 is 17.8 Å². The van der Waals surface area contributed by atoms with E-state index in [1.54, 1.807) is 16.6 Å². The maximum atomic E-state index is 12.3. The number of hydrogen-bond donors (Lipinski definition) is 2. The first-order valence-corrected chi connectivity index (χ1v) is 8.43. The number of carbonyl (C=O) groups is 2. The number of rotatable bonds is 4. The van der Waals surface area contributed by atoms with Crippen molar-refractivity contribution in [2.75, 3.05) is 18.9 Å². The van der Waals surface area contributed by atoms with Crippen molar-refractivity contribution in [2.24, 2.45) is 0 Å². The second-order valence-corrected chi connectivity index (χ2v) is 6.52. The highest BCUT2D eigenvalue weighted by Crippen LogP contribution is 2.24. The highest BCUT2D eigenvalue weighted by atomic mass is 16.2. The molecule has 1 aliphatic heterocycles. The van der Waals surface area contributed by atoms with Crippen molar-refractivity contribution in [2.45, 2.75) is 32.4 Å². The number of benzene rings is 1. The average molecular weight is 341 g/mol. The molecule has 1 aromatic carbocycles. The lowest BCUT2D eigenvalue weighted by Gasteiger charge is -2.15. The molecule has 2 aromatic rings. The average Bonchev–Trinajstić information content (AvgIpc) is 3.14. The van der Waals surface area contributed by atoms with Crippen LogP contribution in [0.2, 0.25) is 0 Å². The fraction of sp³-hybridized carbons (Fsp3) is 0.389. The summed E-state index contributed by atoms with van der Waals surface area (Å²) in [4.78, 5) is 25.9. The number of aromatic nitrogens is 2. The zero-order valence-corrected chi connectivity index (χ0v) is 14.7. The Hall–Kier alpha value is -2.83. The van der Waals surface area contributed by atoms with Crippen molar-refractivity contribution in [3.63, 3.8) is 0 Å². The molecule has 132 valence electrons. The van der Waals surface area contributed by atoms with Crippen LogP contribution in [0.1, 0.15) is 26.3 Å². The smallest absolute Gasteiger partial charge is 0.321 e. The Morgan fingerprint density at radius 1 is 1.28 bits per heavy atom. The molecular weight excluding hydrogens is 318 g/mol. The molecule has 0 spiro atoms. The van der Waals surface area contributed by atoms with E-state index in [2.05, 4.69) is 15.7 Å². The molecule has 1 atom stereocenters. The molecule has 7 heteroatoms. The number of nitrogens with one attached hydrogen (secondary N) is 2. The van der Waals surface area contributed by atoms with Crippen molar-refractivity contribution in [3.8, 4) is 11.3 Å². The highest BCUT2D eigenvalue weighted by Gasteiger charge is 2.30. The molecule has 0 radical (unpaired) electrons. The molecule has 1 aromatic heterocycles. The Morgan fingerprint density at radius 3 is 2.60 bits per heavy atom. The van der Waals surface area contributed by atoms with Crippen LogP contribution in [0.3, 0.4) is 0 Å². The van der Waals surface area contributed by atoms with Crippen LogP contribution >= 0.6 is 0 Å². The van der Waals surface area contributed by atoms with Crippen molar-refractivity contribution in [1.29, 1.82) is 0 Å². The highest BCUT2D eigenvalue weighted by molar-refractivity contribution is 5.94. The molecule has 2 N–H and O–H groups in total. The molecule has 1 fully saturated rings. The van der Waals surface area contributed by atoms with Gasteiger partial charge < -0.3 is 10.2 Å². The van der Waals surface area contributed by atoms with Crippen LogP contribution in [0.5, 0.6) is 0 Å². The summed E-state index contributed by atoms with van der Waals surface area (Å²) in [5.74, 6) is 0.544. The van der Waals surface area contributed by atoms with Crippen molar-refractivity contribution in [3.05, 3.63) is 36.4 Å². The van der Waals surface area contributed by atoms with Crippen LogP contribution in [0.4, 0.5) is 10.6 Å². The zero-order valence-electron chi connectivity index (χ0n) is 14.7. The molecular formula is C18H23N5O2. The SMILES string of the molecule is CC(C)n1nc(-c2ccccc2)cc1NC(=O)N[C@@H]1CCN(C)C1=O. The number of likely N-dealkylation sites (N-methyl/N-ethyl adjacent to an activating group) is 1. The van der Waals surface area contributed by atoms with Gasteiger partial charge in [-0.1, -0.05) is 30.3 Å². The molecule has 1 aliphatic rings. The predicted molar refractivity (Wildman–Crippen MR) is 96.2 cm³/mol. The quantitative estimate of drug-likeness (QED) is 0.897. The summed E-state index contributed by atoms with van der Waals surface area (Å²) >= 11 is 0. The van der Waals surface area contributed by atoms with E-state index in [9.17, 15) is 9.59 Å². The Kier molecular flexibility index (Phi) is 4.74. The molecule has 7 nitrogen and oxygen atoms in total. The summed E-state index contributed by atoms with van der Waals surface area (Å²) in [7, 11) is 1.74. The summed E-state index contributed by atoms with van der Waals surface area (Å²) < 4.78 is 1.77. The summed E-state index contributed by atoms with van der Waals surface area (Å²) in [6.07, 6.45) is 0.626. The van der Waals surface area contributed by atoms with Gasteiger partial charge in [-0.05, 0) is 20.3 Å². The third-order valence-electron chi connectivity index (χ3n) is 4.27. The van der Waals surface area contributed by atoms with Crippen LogP contribution in [0, 0.1) is 0 Å². The van der Waals surface area contributed by atoms with Crippen LogP contribution in [-0.4, -0.2) is 46.3 Å². The van der Waals surface area contributed by atoms with Gasteiger partial charge in [-0.15, -0.1) is 0 Å². The topological polar surface area (TPSA) is 79.3 Å². The first-order chi connectivity index (χ1) is 12.0. The summed E-state index contributed by atoms with van der Waals surface area (Å²) in [5, 5.41) is 10.2. The minimum absolute atomic E-state index is 0.0579. The second kappa shape index (κ2) is 6.96. The van der Waals surface area contributed by atoms with Crippen LogP contribution in [0.25, 0.3) is 11.3 Å². The Balaban J connectivity index is 1.76. The van der Waals surface area contributed by atoms with E-state index >= 15 is 0 Å². The molecule has 0 unspecified atom stereocenters. The zero-order chi connectivity index (χ0) is 18.0. The minimum Gasteiger partial charge on any atom is -0.344 e. The molecule has 3 rings (SSSR count). The molecule has 0 aliphatic carbocycles. The van der Waals surface area contributed by atoms with Gasteiger partial charge in [0.05, 0.1) is 5.69 Å². The van der Waals surface area contributed by atoms with Gasteiger partial charge in [-0.2, -0.15) is 5.10 Å². The number of urea groups is 1. The largest absolute Gasteiger partial charge is 0.344 e. The van der Waals surface area contributed by atoms with E-state index < -0.39 is 12.1 Å². The second-order valence-electron chi connectivity index (χ2n) is 6.52. The first kappa shape index (κ1) is 17.0. The summed E-state index contributed by atoms with van der Waals surface area (Å²) in [6, 6.07) is 10.9. The predicted octanol–water partition coefficient (Wildman–Crippen LogP) is 2.48. The lowest BCUT2D eigenvalue weighted by Crippen LogP contribution is -2.42. The molecule has 2 heterocycles. The third-order valence-corrected chi connectivity index (χ3v) is 4.27. The number of carbonyl (C=O) groups excluding carboxylic acids is 2. The number of hydrogen-bond acceptors (Lipinski definition) is 3. The summed E-state index contributed by atoms with van der Waals surface area (Å²) in [6.45, 7) is 4.66. The van der Waals surface area contributed by atoms with Gasteiger partial charge in [0, 0.05) is 31.3 Å². The van der Waals surface area contributed by atoms with E-state index in [4.69, 9.17) is 0 Å². The molecule has 3 amide bonds. The van der Waals surface area contributed by atoms with Gasteiger partial charge in [0.25, 0.3) is 0 Å². The van der Waals surface area contributed by atoms with E-state index in [-0.39, 0.29) is 11.9 Å². The first-order valence-electron chi connectivity index (χ1n) is 8.43. The van der Waals surface area contributed by atoms with E-state index in [1.807, 2.05) is 50.2 Å². The maximum Gasteiger partial charge on any atom is 0.321 e. The van der Waals surface area contributed by atoms with Crippen LogP contribution < -0.4 is 10.6 Å². The number of nitrogens with zero attached hydrogens (tertiary/aromatic N) is 3. The number of likely N-dealkylation sites (tertiary alicyclic amines) is 1. The maximum absolute atomic E-state index is 12.3. The lowest BCUT2D eigenvalue weighted by atomic mass is 10.2. The van der Waals surface area contributed by atoms with Gasteiger partial charge in [0.2, 0.25) is 5.91 Å². The summed E-state index contributed by atoms with van der Waals surface area (Å²) in [5.41, 5.74) is 1.78. The van der Waals surface area contributed by atoms with Gasteiger partial charge in [-0.3, -0.25) is 10.1 Å². The monoisotopic (exact) mass is 341 g/mol. The number of anilines is 1. The molecule has 0 bridgehead atoms. The van der Waals surface area contributed by atoms with Gasteiger partial charge in [0.1, 0.15) is 11.9 Å². The Morgan fingerprint density at radius 2 is 2.00 bits per heavy atom.